The molecule has 2 rings (SSSR count). The van der Waals surface area contributed by atoms with Crippen molar-refractivity contribution in [1.29, 1.82) is 2.67 Å². The number of nitrogens with one attached hydrogen (secondary N) is 2. The van der Waals surface area contributed by atoms with Crippen LogP contribution in [0.15, 0.2) is 15.8 Å². The summed E-state index contributed by atoms with van der Waals surface area (Å²) in [5.74, 6) is 0. The maximum atomic E-state index is 12.4. The van der Waals surface area contributed by atoms with E-state index in [0.29, 0.717) is 18.0 Å². The highest BCUT2D eigenvalue weighted by Crippen LogP contribution is 2.46. The summed E-state index contributed by atoms with van der Waals surface area (Å²) >= 11 is 1.01. The normalized spacial score (nSPS) is 23.8. The Balaban J connectivity index is 2.06. The van der Waals surface area contributed by atoms with E-state index in [4.69, 9.17) is 25.2 Å². The summed E-state index contributed by atoms with van der Waals surface area (Å²) in [6.45, 7) is 8.65. The fourth-order valence-electron chi connectivity index (χ4n) is 3.09. The molecule has 0 bridgehead atoms. The van der Waals surface area contributed by atoms with E-state index >= 15 is 0 Å². The van der Waals surface area contributed by atoms with E-state index in [1.54, 1.807) is 6.92 Å². The van der Waals surface area contributed by atoms with Gasteiger partial charge in [0.05, 0.1) is 18.8 Å². The third-order valence-electron chi connectivity index (χ3n) is 4.76. The van der Waals surface area contributed by atoms with Crippen LogP contribution in [0.5, 0.6) is 0 Å². The maximum absolute atomic E-state index is 12.4. The zero-order valence-electron chi connectivity index (χ0n) is 21.2. The summed E-state index contributed by atoms with van der Waals surface area (Å²) < 4.78 is 45.0. The molecule has 2 N–H and O–H groups in total. The molecule has 1 saturated heterocycles. The molecule has 1 aliphatic rings. The number of aryl methyl sites for hydroxylation is 1. The molecule has 32 heavy (non-hydrogen) atoms. The molecule has 0 radical (unpaired) electrons. The first-order valence-corrected chi connectivity index (χ1v) is 12.6. The topological polar surface area (TPSA) is 113 Å². The maximum Gasteiger partial charge on any atom is 0.333 e. The number of rotatable bonds is 15. The second kappa shape index (κ2) is 13.9. The van der Waals surface area contributed by atoms with Crippen LogP contribution in [0, 0.1) is 6.92 Å². The first-order valence-electron chi connectivity index (χ1n) is 11.7. The molecule has 1 aliphatic heterocycles. The average Bonchev–Trinajstić information content (AvgIpc) is 3.15. The molecule has 5 atom stereocenters. The third kappa shape index (κ3) is 8.57. The molecule has 2 heterocycles. The Bertz CT molecular complexity index is 866. The van der Waals surface area contributed by atoms with Crippen molar-refractivity contribution in [2.75, 3.05) is 25.9 Å². The number of hydrogen-bond donors (Lipinski definition) is 2. The molecule has 10 nitrogen and oxygen atoms in total. The van der Waals surface area contributed by atoms with Gasteiger partial charge < -0.3 is 27.8 Å². The number of aromatic amines is 1. The van der Waals surface area contributed by atoms with Gasteiger partial charge >= 0.3 is 14.3 Å². The number of ether oxygens (including phenoxy) is 1. The van der Waals surface area contributed by atoms with Crippen molar-refractivity contribution in [2.24, 2.45) is 0 Å². The average molecular weight is 494 g/mol. The summed E-state index contributed by atoms with van der Waals surface area (Å²) in [5, 5.41) is 3.34. The quantitative estimate of drug-likeness (QED) is 0.162. The lowest BCUT2D eigenvalue weighted by molar-refractivity contribution is -0.0374. The van der Waals surface area contributed by atoms with Crippen LogP contribution >= 0.6 is 20.6 Å². The smallest absolute Gasteiger partial charge is 0.333 e. The van der Waals surface area contributed by atoms with Crippen LogP contribution in [0.3, 0.4) is 0 Å². The van der Waals surface area contributed by atoms with Crippen LogP contribution in [-0.4, -0.2) is 70.3 Å². The molecule has 1 aromatic heterocycles. The van der Waals surface area contributed by atoms with E-state index in [-0.39, 0.29) is 18.4 Å². The largest absolute Gasteiger partial charge is 0.349 e. The minimum Gasteiger partial charge on any atom is -0.349 e. The Morgan fingerprint density at radius 3 is 3.00 bits per heavy atom. The van der Waals surface area contributed by atoms with Gasteiger partial charge in [0.2, 0.25) is 0 Å². The summed E-state index contributed by atoms with van der Waals surface area (Å²) in [7, 11) is -1.17. The fourth-order valence-corrected chi connectivity index (χ4v) is 4.48. The van der Waals surface area contributed by atoms with Gasteiger partial charge in [0.15, 0.2) is 0 Å². The van der Waals surface area contributed by atoms with Gasteiger partial charge in [-0.2, -0.15) is 0 Å². The van der Waals surface area contributed by atoms with Crippen LogP contribution in [0.4, 0.5) is 0 Å². The highest BCUT2D eigenvalue weighted by molar-refractivity contribution is 7.95. The van der Waals surface area contributed by atoms with E-state index in [1.807, 2.05) is 6.92 Å². The van der Waals surface area contributed by atoms with Crippen LogP contribution < -0.4 is 16.6 Å². The molecule has 0 aromatic carbocycles. The molecule has 4 unspecified atom stereocenters. The Kier molecular flexibility index (Phi) is 10.6. The Labute approximate surface area is 198 Å². The van der Waals surface area contributed by atoms with E-state index in [9.17, 15) is 9.59 Å². The number of hydrogen-bond acceptors (Lipinski definition) is 9. The van der Waals surface area contributed by atoms with E-state index < -0.39 is 46.1 Å². The van der Waals surface area contributed by atoms with Crippen molar-refractivity contribution in [3.05, 3.63) is 32.6 Å². The predicted molar refractivity (Wildman–Crippen MR) is 129 cm³/mol. The van der Waals surface area contributed by atoms with Gasteiger partial charge in [-0.1, -0.05) is 13.8 Å². The molecular weight excluding hydrogens is 456 g/mol. The van der Waals surface area contributed by atoms with Crippen molar-refractivity contribution in [3.63, 3.8) is 0 Å². The highest BCUT2D eigenvalue weighted by Gasteiger charge is 2.40. The first kappa shape index (κ1) is 24.4. The molecule has 13 heteroatoms. The van der Waals surface area contributed by atoms with Crippen molar-refractivity contribution in [3.8, 4) is 0 Å². The van der Waals surface area contributed by atoms with Crippen molar-refractivity contribution in [1.82, 2.24) is 14.9 Å². The van der Waals surface area contributed by atoms with Crippen molar-refractivity contribution < 1.29 is 22.5 Å². The zero-order chi connectivity index (χ0) is 25.3. The van der Waals surface area contributed by atoms with Crippen molar-refractivity contribution >= 4 is 28.4 Å². The van der Waals surface area contributed by atoms with E-state index in [1.165, 1.54) is 17.9 Å². The molecule has 0 aliphatic carbocycles. The van der Waals surface area contributed by atoms with Gasteiger partial charge in [-0.3, -0.25) is 14.3 Å². The number of aromatic nitrogens is 2. The lowest BCUT2D eigenvalue weighted by Crippen LogP contribution is -2.33. The summed E-state index contributed by atoms with van der Waals surface area (Å²) in [6.07, 6.45) is 0.741. The fraction of sp³-hybridized carbons (Fsp3) is 0.789. The Morgan fingerprint density at radius 1 is 1.53 bits per heavy atom. The van der Waals surface area contributed by atoms with Gasteiger partial charge in [0.1, 0.15) is 20.1 Å². The Hall–Kier alpha value is -0.715. The lowest BCUT2D eigenvalue weighted by Gasteiger charge is -2.24. The second-order valence-corrected chi connectivity index (χ2v) is 9.81. The minimum absolute atomic E-state index is 0.101. The second-order valence-electron chi connectivity index (χ2n) is 7.78. The molecule has 0 saturated carbocycles. The highest BCUT2D eigenvalue weighted by atomic mass is 32.2. The summed E-state index contributed by atoms with van der Waals surface area (Å²) in [5.41, 5.74) is -0.436. The molecule has 0 spiro atoms. The van der Waals surface area contributed by atoms with Gasteiger partial charge in [0, 0.05) is 31.3 Å². The number of H-pyrrole nitrogens is 1. The monoisotopic (exact) mass is 494 g/mol. The first-order chi connectivity index (χ1) is 16.1. The number of nitrogens with zero attached hydrogens (tertiary/aromatic N) is 1. The molecule has 0 amide bonds. The van der Waals surface area contributed by atoms with E-state index in [0.717, 1.165) is 25.0 Å². The predicted octanol–water partition coefficient (Wildman–Crippen LogP) is 1.44. The molecule has 1 aromatic rings. The van der Waals surface area contributed by atoms with Gasteiger partial charge in [-0.15, -0.1) is 0 Å². The van der Waals surface area contributed by atoms with Crippen molar-refractivity contribution in [2.45, 2.75) is 71.1 Å². The van der Waals surface area contributed by atoms with Crippen LogP contribution in [0.2, 0.25) is 0 Å². The summed E-state index contributed by atoms with van der Waals surface area (Å²) in [4.78, 5) is 26.4. The van der Waals surface area contributed by atoms with Crippen LogP contribution in [0.1, 0.15) is 45.4 Å². The SMILES string of the molecule is [2H]B([3H])CSOCC1OC(n2cc(C)c(=O)[nH]c2=O)CC1OP(OC)O[C@H](C)CCNC(C)C. The Morgan fingerprint density at radius 2 is 2.31 bits per heavy atom. The molecule has 182 valence electrons. The van der Waals surface area contributed by atoms with Crippen LogP contribution in [-0.2, 0) is 22.5 Å². The standard InChI is InChI=1S/C19H35BN3O7PS/c1-12(2)21-7-6-14(4)29-31(26-5)30-15-8-17(28-16(15)10-27-32-11-20)23-9-13(3)18(24)22-19(23)25/h9,12,14-17,21H,6-8,10-11,20H2,1-5H3,(H,22,24,25)/t14-,15?,16?,17?,31?/m1/s1/i20TD. The van der Waals surface area contributed by atoms with Crippen LogP contribution in [0.25, 0.3) is 0 Å². The summed E-state index contributed by atoms with van der Waals surface area (Å²) in [6, 6.07) is 0.388. The molecule has 1 fully saturated rings. The van der Waals surface area contributed by atoms with Gasteiger partial charge in [0.25, 0.3) is 5.56 Å². The zero-order valence-corrected chi connectivity index (χ0v) is 20.9. The van der Waals surface area contributed by atoms with Gasteiger partial charge in [-0.05, 0) is 47.2 Å². The van der Waals surface area contributed by atoms with Gasteiger partial charge in [-0.25, -0.2) is 4.79 Å². The lowest BCUT2D eigenvalue weighted by atomic mass is 10.2. The third-order valence-corrected chi connectivity index (χ3v) is 6.47. The minimum atomic E-state index is -1.68. The van der Waals surface area contributed by atoms with E-state index in [2.05, 4.69) is 24.1 Å². The molecular formula is C19H35BN3O7PS.